The van der Waals surface area contributed by atoms with Crippen molar-refractivity contribution in [2.24, 2.45) is 5.73 Å². The lowest BCUT2D eigenvalue weighted by atomic mass is 10.3. The standard InChI is InChI=1S/C6H7F3N2O/c1-3-11-4(2-10)5(12-3)6(7,8)9/h2,10H2,1H3. The van der Waals surface area contributed by atoms with Gasteiger partial charge in [0.2, 0.25) is 5.76 Å². The van der Waals surface area contributed by atoms with Crippen molar-refractivity contribution in [2.45, 2.75) is 19.6 Å². The first-order chi connectivity index (χ1) is 5.45. The fourth-order valence-electron chi connectivity index (χ4n) is 0.830. The second-order valence-electron chi connectivity index (χ2n) is 2.21. The molecular weight excluding hydrogens is 173 g/mol. The molecule has 0 atom stereocenters. The predicted molar refractivity (Wildman–Crippen MR) is 34.1 cm³/mol. The largest absolute Gasteiger partial charge is 0.451 e. The normalized spacial score (nSPS) is 12.1. The fraction of sp³-hybridized carbons (Fsp3) is 0.500. The van der Waals surface area contributed by atoms with E-state index in [4.69, 9.17) is 5.73 Å². The van der Waals surface area contributed by atoms with Gasteiger partial charge < -0.3 is 10.2 Å². The van der Waals surface area contributed by atoms with E-state index in [1.165, 1.54) is 6.92 Å². The Morgan fingerprint density at radius 2 is 2.08 bits per heavy atom. The van der Waals surface area contributed by atoms with Crippen LogP contribution in [0.25, 0.3) is 0 Å². The molecule has 1 aromatic rings. The number of oxazole rings is 1. The average Bonchev–Trinajstić information content (AvgIpc) is 2.29. The maximum atomic E-state index is 12.1. The van der Waals surface area contributed by atoms with Crippen LogP contribution in [0.5, 0.6) is 0 Å². The van der Waals surface area contributed by atoms with Crippen LogP contribution >= 0.6 is 0 Å². The maximum absolute atomic E-state index is 12.1. The van der Waals surface area contributed by atoms with Gasteiger partial charge in [0.25, 0.3) is 0 Å². The van der Waals surface area contributed by atoms with Crippen molar-refractivity contribution in [3.63, 3.8) is 0 Å². The number of hydrogen-bond donors (Lipinski definition) is 1. The molecule has 0 aliphatic rings. The smallest absolute Gasteiger partial charge is 0.436 e. The highest BCUT2D eigenvalue weighted by Crippen LogP contribution is 2.32. The molecule has 2 N–H and O–H groups in total. The first kappa shape index (κ1) is 9.05. The second-order valence-corrected chi connectivity index (χ2v) is 2.21. The highest BCUT2D eigenvalue weighted by Gasteiger charge is 2.38. The van der Waals surface area contributed by atoms with Gasteiger partial charge in [-0.15, -0.1) is 0 Å². The Morgan fingerprint density at radius 3 is 2.42 bits per heavy atom. The van der Waals surface area contributed by atoms with Gasteiger partial charge in [-0.1, -0.05) is 0 Å². The number of aromatic nitrogens is 1. The summed E-state index contributed by atoms with van der Waals surface area (Å²) in [7, 11) is 0. The van der Waals surface area contributed by atoms with Crippen molar-refractivity contribution >= 4 is 0 Å². The molecule has 0 amide bonds. The van der Waals surface area contributed by atoms with Gasteiger partial charge >= 0.3 is 6.18 Å². The molecule has 0 bridgehead atoms. The van der Waals surface area contributed by atoms with Crippen LogP contribution < -0.4 is 5.73 Å². The molecule has 0 saturated heterocycles. The van der Waals surface area contributed by atoms with Gasteiger partial charge in [-0.3, -0.25) is 0 Å². The predicted octanol–water partition coefficient (Wildman–Crippen LogP) is 1.46. The lowest BCUT2D eigenvalue weighted by Gasteiger charge is -2.01. The van der Waals surface area contributed by atoms with E-state index < -0.39 is 11.9 Å². The molecule has 68 valence electrons. The van der Waals surface area contributed by atoms with E-state index >= 15 is 0 Å². The molecular formula is C6H7F3N2O. The van der Waals surface area contributed by atoms with Crippen LogP contribution in [-0.2, 0) is 12.7 Å². The molecule has 0 unspecified atom stereocenters. The van der Waals surface area contributed by atoms with Crippen molar-refractivity contribution in [1.29, 1.82) is 0 Å². The maximum Gasteiger partial charge on any atom is 0.451 e. The fourth-order valence-corrected chi connectivity index (χ4v) is 0.830. The first-order valence-corrected chi connectivity index (χ1v) is 3.18. The third-order valence-electron chi connectivity index (χ3n) is 1.26. The lowest BCUT2D eigenvalue weighted by Crippen LogP contribution is -2.09. The van der Waals surface area contributed by atoms with Crippen LogP contribution in [0.4, 0.5) is 13.2 Å². The molecule has 0 fully saturated rings. The van der Waals surface area contributed by atoms with E-state index in [2.05, 4.69) is 9.40 Å². The molecule has 0 aliphatic carbocycles. The van der Waals surface area contributed by atoms with Crippen molar-refractivity contribution in [3.05, 3.63) is 17.3 Å². The molecule has 12 heavy (non-hydrogen) atoms. The molecule has 6 heteroatoms. The summed E-state index contributed by atoms with van der Waals surface area (Å²) in [5, 5.41) is 0. The minimum Gasteiger partial charge on any atom is -0.436 e. The van der Waals surface area contributed by atoms with Crippen LogP contribution in [0.1, 0.15) is 17.3 Å². The Morgan fingerprint density at radius 1 is 1.50 bits per heavy atom. The van der Waals surface area contributed by atoms with Gasteiger partial charge in [0.1, 0.15) is 5.69 Å². The molecule has 3 nitrogen and oxygen atoms in total. The Hall–Kier alpha value is -1.04. The number of alkyl halides is 3. The zero-order valence-corrected chi connectivity index (χ0v) is 6.27. The van der Waals surface area contributed by atoms with Crippen molar-refractivity contribution in [1.82, 2.24) is 4.98 Å². The summed E-state index contributed by atoms with van der Waals surface area (Å²) in [5.41, 5.74) is 4.79. The SMILES string of the molecule is Cc1nc(CN)c(C(F)(F)F)o1. The lowest BCUT2D eigenvalue weighted by molar-refractivity contribution is -0.154. The number of aryl methyl sites for hydroxylation is 1. The quantitative estimate of drug-likeness (QED) is 0.711. The topological polar surface area (TPSA) is 52.0 Å². The van der Waals surface area contributed by atoms with Gasteiger partial charge in [-0.25, -0.2) is 4.98 Å². The summed E-state index contributed by atoms with van der Waals surface area (Å²) < 4.78 is 40.5. The number of nitrogens with two attached hydrogens (primary N) is 1. The molecule has 1 rings (SSSR count). The van der Waals surface area contributed by atoms with Crippen molar-refractivity contribution in [3.8, 4) is 0 Å². The summed E-state index contributed by atoms with van der Waals surface area (Å²) in [5.74, 6) is -1.12. The summed E-state index contributed by atoms with van der Waals surface area (Å²) in [4.78, 5) is 3.48. The zero-order chi connectivity index (χ0) is 9.35. The second kappa shape index (κ2) is 2.78. The van der Waals surface area contributed by atoms with Gasteiger partial charge in [0.05, 0.1) is 0 Å². The highest BCUT2D eigenvalue weighted by molar-refractivity contribution is 5.12. The van der Waals surface area contributed by atoms with E-state index in [9.17, 15) is 13.2 Å². The van der Waals surface area contributed by atoms with Crippen molar-refractivity contribution < 1.29 is 17.6 Å². The molecule has 0 aliphatic heterocycles. The molecule has 0 aromatic carbocycles. The Balaban J connectivity index is 3.13. The minimum absolute atomic E-state index is 0.0252. The number of halogens is 3. The van der Waals surface area contributed by atoms with Crippen molar-refractivity contribution in [2.75, 3.05) is 0 Å². The van der Waals surface area contributed by atoms with E-state index in [1.54, 1.807) is 0 Å². The number of nitrogens with zero attached hydrogens (tertiary/aromatic N) is 1. The first-order valence-electron chi connectivity index (χ1n) is 3.18. The number of rotatable bonds is 1. The van der Waals surface area contributed by atoms with Gasteiger partial charge in [0, 0.05) is 13.5 Å². The monoisotopic (exact) mass is 180 g/mol. The Labute approximate surface area is 66.4 Å². The van der Waals surface area contributed by atoms with Crippen LogP contribution in [-0.4, -0.2) is 4.98 Å². The summed E-state index contributed by atoms with van der Waals surface area (Å²) in [6.45, 7) is 1.07. The summed E-state index contributed by atoms with van der Waals surface area (Å²) in [6, 6.07) is 0. The highest BCUT2D eigenvalue weighted by atomic mass is 19.4. The molecule has 0 saturated carbocycles. The van der Waals surface area contributed by atoms with E-state index in [0.717, 1.165) is 0 Å². The van der Waals surface area contributed by atoms with E-state index in [0.29, 0.717) is 0 Å². The van der Waals surface area contributed by atoms with Crippen LogP contribution in [0, 0.1) is 6.92 Å². The summed E-state index contributed by atoms with van der Waals surface area (Å²) in [6.07, 6.45) is -4.50. The van der Waals surface area contributed by atoms with Gasteiger partial charge in [-0.05, 0) is 0 Å². The molecule has 1 aromatic heterocycles. The van der Waals surface area contributed by atoms with E-state index in [1.807, 2.05) is 0 Å². The third-order valence-corrected chi connectivity index (χ3v) is 1.26. The minimum atomic E-state index is -4.50. The van der Waals surface area contributed by atoms with Crippen LogP contribution in [0.3, 0.4) is 0 Å². The third kappa shape index (κ3) is 1.58. The Kier molecular flexibility index (Phi) is 2.10. The zero-order valence-electron chi connectivity index (χ0n) is 6.27. The molecule has 1 heterocycles. The van der Waals surface area contributed by atoms with Gasteiger partial charge in [-0.2, -0.15) is 13.2 Å². The van der Waals surface area contributed by atoms with E-state index in [-0.39, 0.29) is 18.1 Å². The average molecular weight is 180 g/mol. The van der Waals surface area contributed by atoms with Gasteiger partial charge in [0.15, 0.2) is 5.89 Å². The number of hydrogen-bond acceptors (Lipinski definition) is 3. The summed E-state index contributed by atoms with van der Waals surface area (Å²) >= 11 is 0. The molecule has 0 radical (unpaired) electrons. The van der Waals surface area contributed by atoms with Crippen LogP contribution in [0.15, 0.2) is 4.42 Å². The molecule has 0 spiro atoms. The van der Waals surface area contributed by atoms with Crippen LogP contribution in [0.2, 0.25) is 0 Å². The Bertz CT molecular complexity index is 279.